The molecule has 0 amide bonds. The van der Waals surface area contributed by atoms with Crippen molar-refractivity contribution in [2.45, 2.75) is 71.1 Å². The third-order valence-electron chi connectivity index (χ3n) is 2.51. The van der Waals surface area contributed by atoms with Gasteiger partial charge in [0.15, 0.2) is 0 Å². The molecule has 0 fully saturated rings. The summed E-state index contributed by atoms with van der Waals surface area (Å²) < 4.78 is 17.8. The first kappa shape index (κ1) is 32.8. The van der Waals surface area contributed by atoms with Crippen LogP contribution in [0.5, 0.6) is 0 Å². The topological polar surface area (TPSA) is 176 Å². The molecule has 0 aliphatic rings. The van der Waals surface area contributed by atoms with Crippen molar-refractivity contribution in [2.75, 3.05) is 6.61 Å². The molecular weight excluding hydrogens is 373 g/mol. The fourth-order valence-corrected chi connectivity index (χ4v) is 1.60. The molecule has 24 heavy (non-hydrogen) atoms. The fraction of sp³-hybridized carbons (Fsp3) is 1.00. The van der Waals surface area contributed by atoms with Crippen LogP contribution in [0.1, 0.15) is 71.1 Å². The molecule has 12 heteroatoms. The SMILES string of the molecule is CCCCCCCCCCCCO.O=P(O)(O)O.O=P(O)(O)O.[NaH]. The summed E-state index contributed by atoms with van der Waals surface area (Å²) in [5, 5.41) is 8.57. The minimum atomic E-state index is -4.64. The van der Waals surface area contributed by atoms with Crippen LogP contribution in [-0.4, -0.2) is 70.6 Å². The molecule has 0 saturated carbocycles. The summed E-state index contributed by atoms with van der Waals surface area (Å²) in [6, 6.07) is 0. The molecule has 0 aliphatic heterocycles. The number of unbranched alkanes of at least 4 members (excludes halogenated alkanes) is 9. The van der Waals surface area contributed by atoms with Gasteiger partial charge < -0.3 is 34.5 Å². The number of hydrogen-bond donors (Lipinski definition) is 7. The molecule has 0 atom stereocenters. The van der Waals surface area contributed by atoms with Crippen molar-refractivity contribution in [1.82, 2.24) is 0 Å². The average molecular weight is 406 g/mol. The Bertz CT molecular complexity index is 273. The predicted octanol–water partition coefficient (Wildman–Crippen LogP) is 1.39. The molecule has 0 unspecified atom stereocenters. The van der Waals surface area contributed by atoms with E-state index >= 15 is 0 Å². The molecule has 146 valence electrons. The van der Waals surface area contributed by atoms with Gasteiger partial charge in [0.1, 0.15) is 0 Å². The van der Waals surface area contributed by atoms with Gasteiger partial charge in [-0.2, -0.15) is 0 Å². The second-order valence-corrected chi connectivity index (χ2v) is 6.99. The Balaban J connectivity index is -0.000000151. The molecule has 0 heterocycles. The molecule has 9 nitrogen and oxygen atoms in total. The van der Waals surface area contributed by atoms with Gasteiger partial charge in [0.05, 0.1) is 0 Å². The van der Waals surface area contributed by atoms with E-state index in [9.17, 15) is 0 Å². The van der Waals surface area contributed by atoms with E-state index in [4.69, 9.17) is 43.6 Å². The van der Waals surface area contributed by atoms with Gasteiger partial charge >= 0.3 is 45.2 Å². The monoisotopic (exact) mass is 406 g/mol. The average Bonchev–Trinajstić information content (AvgIpc) is 2.33. The van der Waals surface area contributed by atoms with Crippen LogP contribution in [-0.2, 0) is 9.13 Å². The van der Waals surface area contributed by atoms with Crippen LogP contribution in [0.3, 0.4) is 0 Å². The third kappa shape index (κ3) is 91.2. The van der Waals surface area contributed by atoms with Crippen LogP contribution < -0.4 is 0 Å². The van der Waals surface area contributed by atoms with Crippen LogP contribution in [0.2, 0.25) is 0 Å². The van der Waals surface area contributed by atoms with E-state index in [-0.39, 0.29) is 29.6 Å². The van der Waals surface area contributed by atoms with Crippen molar-refractivity contribution < 1.29 is 43.6 Å². The van der Waals surface area contributed by atoms with E-state index in [0.717, 1.165) is 6.42 Å². The first-order chi connectivity index (χ1) is 10.4. The van der Waals surface area contributed by atoms with Crippen molar-refractivity contribution in [3.05, 3.63) is 0 Å². The van der Waals surface area contributed by atoms with E-state index in [0.29, 0.717) is 6.61 Å². The third-order valence-corrected chi connectivity index (χ3v) is 2.51. The zero-order chi connectivity index (χ0) is 18.8. The molecule has 0 rings (SSSR count). The second kappa shape index (κ2) is 22.2. The number of aliphatic hydroxyl groups excluding tert-OH is 1. The molecular formula is C12H33NaO9P2. The summed E-state index contributed by atoms with van der Waals surface area (Å²) in [6.45, 7) is 2.63. The molecule has 0 aliphatic carbocycles. The zero-order valence-corrected chi connectivity index (χ0v) is 15.4. The molecule has 0 aromatic heterocycles. The van der Waals surface area contributed by atoms with Crippen LogP contribution in [0.25, 0.3) is 0 Å². The first-order valence-electron chi connectivity index (χ1n) is 7.59. The van der Waals surface area contributed by atoms with Gasteiger partial charge in [-0.05, 0) is 6.42 Å². The van der Waals surface area contributed by atoms with Gasteiger partial charge in [-0.3, -0.25) is 0 Å². The second-order valence-electron chi connectivity index (χ2n) is 4.93. The zero-order valence-electron chi connectivity index (χ0n) is 13.6. The Kier molecular flexibility index (Phi) is 30.4. The van der Waals surface area contributed by atoms with Gasteiger partial charge in [0.25, 0.3) is 0 Å². The van der Waals surface area contributed by atoms with Crippen molar-refractivity contribution in [3.8, 4) is 0 Å². The molecule has 0 saturated heterocycles. The molecule has 0 spiro atoms. The molecule has 0 radical (unpaired) electrons. The van der Waals surface area contributed by atoms with Gasteiger partial charge in [-0.15, -0.1) is 0 Å². The maximum atomic E-state index is 8.88. The van der Waals surface area contributed by atoms with Crippen molar-refractivity contribution >= 4 is 45.2 Å². The van der Waals surface area contributed by atoms with E-state index in [1.807, 2.05) is 0 Å². The molecule has 7 N–H and O–H groups in total. The summed E-state index contributed by atoms with van der Waals surface area (Å²) in [5.41, 5.74) is 0. The Hall–Kier alpha value is 1.18. The van der Waals surface area contributed by atoms with Crippen molar-refractivity contribution in [3.63, 3.8) is 0 Å². The number of aliphatic hydroxyl groups is 1. The number of phosphoric acid groups is 2. The number of rotatable bonds is 10. The summed E-state index contributed by atoms with van der Waals surface area (Å²) in [6.07, 6.45) is 13.3. The minimum absolute atomic E-state index is 0. The van der Waals surface area contributed by atoms with Gasteiger partial charge in [-0.25, -0.2) is 9.13 Å². The molecule has 0 aromatic carbocycles. The fourth-order valence-electron chi connectivity index (χ4n) is 1.60. The Labute approximate surface area is 166 Å². The van der Waals surface area contributed by atoms with Crippen molar-refractivity contribution in [1.29, 1.82) is 0 Å². The molecule has 0 bridgehead atoms. The van der Waals surface area contributed by atoms with Crippen LogP contribution in [0.15, 0.2) is 0 Å². The Morgan fingerprint density at radius 1 is 0.583 bits per heavy atom. The Morgan fingerprint density at radius 3 is 1.00 bits per heavy atom. The summed E-state index contributed by atoms with van der Waals surface area (Å²) in [4.78, 5) is 43.1. The summed E-state index contributed by atoms with van der Waals surface area (Å²) in [5.74, 6) is 0. The van der Waals surface area contributed by atoms with Crippen LogP contribution in [0.4, 0.5) is 0 Å². The van der Waals surface area contributed by atoms with E-state index in [1.165, 1.54) is 57.8 Å². The summed E-state index contributed by atoms with van der Waals surface area (Å²) >= 11 is 0. The normalized spacial score (nSPS) is 10.7. The van der Waals surface area contributed by atoms with E-state index < -0.39 is 15.6 Å². The van der Waals surface area contributed by atoms with Gasteiger partial charge in [0.2, 0.25) is 0 Å². The predicted molar refractivity (Wildman–Crippen MR) is 94.6 cm³/mol. The first-order valence-corrected chi connectivity index (χ1v) is 10.7. The van der Waals surface area contributed by atoms with E-state index in [2.05, 4.69) is 6.92 Å². The van der Waals surface area contributed by atoms with Crippen molar-refractivity contribution in [2.24, 2.45) is 0 Å². The Morgan fingerprint density at radius 2 is 0.792 bits per heavy atom. The number of hydrogen-bond acceptors (Lipinski definition) is 3. The van der Waals surface area contributed by atoms with Crippen LogP contribution in [0, 0.1) is 0 Å². The van der Waals surface area contributed by atoms with Crippen LogP contribution >= 0.6 is 15.6 Å². The van der Waals surface area contributed by atoms with Gasteiger partial charge in [-0.1, -0.05) is 64.7 Å². The quantitative estimate of drug-likeness (QED) is 0.161. The molecule has 0 aromatic rings. The standard InChI is InChI=1S/C12H26O.Na.2H3O4P.H/c1-2-3-4-5-6-7-8-9-10-11-12-13;;2*1-5(2,3)4;/h13H,2-12H2,1H3;;2*(H3,1,2,3,4);. The summed E-state index contributed by atoms with van der Waals surface area (Å²) in [7, 11) is -9.28. The van der Waals surface area contributed by atoms with Gasteiger partial charge in [0, 0.05) is 6.61 Å². The maximum absolute atomic E-state index is 8.88. The van der Waals surface area contributed by atoms with E-state index in [1.54, 1.807) is 0 Å².